The maximum Gasteiger partial charge on any atom is 0.279 e. The van der Waals surface area contributed by atoms with Crippen LogP contribution in [-0.4, -0.2) is 51.8 Å². The van der Waals surface area contributed by atoms with Crippen LogP contribution in [0, 0.1) is 28.4 Å². The number of nitriles is 1. The number of nitro groups is 1. The van der Waals surface area contributed by atoms with Crippen molar-refractivity contribution in [1.82, 2.24) is 14.0 Å². The number of aliphatic hydroxyl groups excluding tert-OH is 1. The molecule has 12 heteroatoms. The van der Waals surface area contributed by atoms with Gasteiger partial charge in [-0.25, -0.2) is 4.52 Å². The summed E-state index contributed by atoms with van der Waals surface area (Å²) < 4.78 is 28.2. The van der Waals surface area contributed by atoms with Gasteiger partial charge in [0, 0.05) is 23.9 Å². The molecule has 2 heterocycles. The highest BCUT2D eigenvalue weighted by molar-refractivity contribution is 7.89. The monoisotopic (exact) mass is 428 g/mol. The van der Waals surface area contributed by atoms with Crippen LogP contribution in [0.25, 0.3) is 5.52 Å². The number of aliphatic hydroxyl groups is 1. The number of aryl methyl sites for hydroxylation is 1. The number of hydrogen-bond acceptors (Lipinski definition) is 8. The first-order chi connectivity index (χ1) is 14.3. The van der Waals surface area contributed by atoms with Crippen LogP contribution in [0.1, 0.15) is 16.7 Å². The molecule has 0 aliphatic heterocycles. The number of benzene rings is 1. The van der Waals surface area contributed by atoms with Crippen LogP contribution in [0.2, 0.25) is 0 Å². The van der Waals surface area contributed by atoms with Crippen molar-refractivity contribution in [3.05, 3.63) is 69.5 Å². The van der Waals surface area contributed by atoms with Crippen LogP contribution in [0.3, 0.4) is 0 Å². The number of aromatic nitrogens is 2. The van der Waals surface area contributed by atoms with Gasteiger partial charge in [-0.05, 0) is 30.7 Å². The maximum atomic E-state index is 13.0. The third kappa shape index (κ3) is 3.97. The number of hydrazone groups is 1. The van der Waals surface area contributed by atoms with E-state index in [1.165, 1.54) is 23.9 Å². The second-order valence-corrected chi connectivity index (χ2v) is 7.99. The summed E-state index contributed by atoms with van der Waals surface area (Å²) in [5.41, 5.74) is 1.36. The van der Waals surface area contributed by atoms with Crippen molar-refractivity contribution in [3.63, 3.8) is 0 Å². The number of rotatable bonds is 7. The second kappa shape index (κ2) is 8.27. The van der Waals surface area contributed by atoms with Crippen molar-refractivity contribution < 1.29 is 18.4 Å². The SMILES string of the molecule is Cc1cc([N+](=O)[O-])ccc1S(=O)(=O)N(CCO)/N=C/c1cnn2ccc(C#N)cc12. The molecule has 30 heavy (non-hydrogen) atoms. The summed E-state index contributed by atoms with van der Waals surface area (Å²) in [6, 6.07) is 8.56. The smallest absolute Gasteiger partial charge is 0.279 e. The highest BCUT2D eigenvalue weighted by atomic mass is 32.2. The zero-order valence-electron chi connectivity index (χ0n) is 15.7. The zero-order chi connectivity index (χ0) is 21.9. The topological polar surface area (TPSA) is 154 Å². The van der Waals surface area contributed by atoms with E-state index in [1.807, 2.05) is 6.07 Å². The van der Waals surface area contributed by atoms with E-state index in [1.54, 1.807) is 18.3 Å². The van der Waals surface area contributed by atoms with E-state index in [-0.39, 0.29) is 22.7 Å². The summed E-state index contributed by atoms with van der Waals surface area (Å²) in [4.78, 5) is 10.1. The summed E-state index contributed by atoms with van der Waals surface area (Å²) in [7, 11) is -4.18. The molecule has 0 aliphatic rings. The molecule has 2 aromatic heterocycles. The molecule has 1 N–H and O–H groups in total. The lowest BCUT2D eigenvalue weighted by Gasteiger charge is -2.19. The fraction of sp³-hybridized carbons (Fsp3) is 0.167. The summed E-state index contributed by atoms with van der Waals surface area (Å²) in [5.74, 6) is 0. The van der Waals surface area contributed by atoms with Crippen LogP contribution in [-0.2, 0) is 10.0 Å². The Hall–Kier alpha value is -3.82. The number of non-ortho nitro benzene ring substituents is 1. The number of sulfonamides is 1. The minimum atomic E-state index is -4.18. The number of fused-ring (bicyclic) bond motifs is 1. The molecule has 3 rings (SSSR count). The second-order valence-electron chi connectivity index (χ2n) is 6.18. The Bertz CT molecular complexity index is 1290. The summed E-state index contributed by atoms with van der Waals surface area (Å²) >= 11 is 0. The molecule has 0 bridgehead atoms. The molecule has 0 fully saturated rings. The number of nitro benzene ring substituents is 1. The van der Waals surface area contributed by atoms with Crippen molar-refractivity contribution in [2.45, 2.75) is 11.8 Å². The Morgan fingerprint density at radius 3 is 2.80 bits per heavy atom. The first-order valence-corrected chi connectivity index (χ1v) is 10.0. The molecule has 0 spiro atoms. The Morgan fingerprint density at radius 2 is 2.17 bits per heavy atom. The minimum Gasteiger partial charge on any atom is -0.394 e. The summed E-state index contributed by atoms with van der Waals surface area (Å²) in [6.07, 6.45) is 4.31. The first-order valence-electron chi connectivity index (χ1n) is 8.58. The fourth-order valence-electron chi connectivity index (χ4n) is 2.77. The lowest BCUT2D eigenvalue weighted by molar-refractivity contribution is -0.385. The van der Waals surface area contributed by atoms with Crippen LogP contribution in [0.15, 0.2) is 52.7 Å². The number of nitrogens with zero attached hydrogens (tertiary/aromatic N) is 6. The van der Waals surface area contributed by atoms with E-state index < -0.39 is 21.6 Å². The van der Waals surface area contributed by atoms with Gasteiger partial charge in [-0.15, -0.1) is 0 Å². The Kier molecular flexibility index (Phi) is 5.77. The summed E-state index contributed by atoms with van der Waals surface area (Å²) in [6.45, 7) is 0.628. The van der Waals surface area contributed by atoms with Crippen molar-refractivity contribution >= 4 is 27.4 Å². The standard InChI is InChI=1S/C18H16N6O5S/c1-13-8-16(24(26)27)2-3-18(13)30(28,29)23(6-7-25)21-12-15-11-20-22-5-4-14(10-19)9-17(15)22/h2-5,8-9,11-12,25H,6-7H2,1H3/b21-12+. The molecule has 1 aromatic carbocycles. The molecule has 0 atom stereocenters. The van der Waals surface area contributed by atoms with Gasteiger partial charge in [-0.1, -0.05) is 0 Å². The molecule has 0 radical (unpaired) electrons. The van der Waals surface area contributed by atoms with Gasteiger partial charge < -0.3 is 5.11 Å². The van der Waals surface area contributed by atoms with Crippen molar-refractivity contribution in [2.24, 2.45) is 5.10 Å². The predicted octanol–water partition coefficient (Wildman–Crippen LogP) is 1.44. The highest BCUT2D eigenvalue weighted by Gasteiger charge is 2.26. The summed E-state index contributed by atoms with van der Waals surface area (Å²) in [5, 5.41) is 37.4. The van der Waals surface area contributed by atoms with Gasteiger partial charge in [0.2, 0.25) is 0 Å². The molecule has 154 valence electrons. The van der Waals surface area contributed by atoms with Gasteiger partial charge in [0.15, 0.2) is 0 Å². The number of pyridine rings is 1. The van der Waals surface area contributed by atoms with Crippen LogP contribution in [0.4, 0.5) is 5.69 Å². The maximum absolute atomic E-state index is 13.0. The molecular weight excluding hydrogens is 412 g/mol. The van der Waals surface area contributed by atoms with Gasteiger partial charge in [-0.2, -0.15) is 28.3 Å². The number of hydrogen-bond donors (Lipinski definition) is 1. The van der Waals surface area contributed by atoms with Crippen molar-refractivity contribution in [2.75, 3.05) is 13.2 Å². The third-order valence-electron chi connectivity index (χ3n) is 4.22. The van der Waals surface area contributed by atoms with Gasteiger partial charge in [-0.3, -0.25) is 10.1 Å². The van der Waals surface area contributed by atoms with Crippen LogP contribution >= 0.6 is 0 Å². The van der Waals surface area contributed by atoms with E-state index in [9.17, 15) is 23.6 Å². The molecule has 0 aliphatic carbocycles. The highest BCUT2D eigenvalue weighted by Crippen LogP contribution is 2.24. The van der Waals surface area contributed by atoms with E-state index in [4.69, 9.17) is 5.26 Å². The lowest BCUT2D eigenvalue weighted by atomic mass is 10.2. The zero-order valence-corrected chi connectivity index (χ0v) is 16.5. The molecule has 0 unspecified atom stereocenters. The molecule has 3 aromatic rings. The van der Waals surface area contributed by atoms with Gasteiger partial charge in [0.05, 0.1) is 52.5 Å². The molecule has 0 saturated heterocycles. The van der Waals surface area contributed by atoms with Gasteiger partial charge in [0.25, 0.3) is 15.7 Å². The van der Waals surface area contributed by atoms with E-state index >= 15 is 0 Å². The molecular formula is C18H16N6O5S. The van der Waals surface area contributed by atoms with E-state index in [0.717, 1.165) is 18.2 Å². The molecule has 11 nitrogen and oxygen atoms in total. The largest absolute Gasteiger partial charge is 0.394 e. The van der Waals surface area contributed by atoms with Gasteiger partial charge >= 0.3 is 0 Å². The third-order valence-corrected chi connectivity index (χ3v) is 6.07. The molecule has 0 saturated carbocycles. The van der Waals surface area contributed by atoms with Crippen LogP contribution < -0.4 is 0 Å². The predicted molar refractivity (Wildman–Crippen MR) is 106 cm³/mol. The normalized spacial score (nSPS) is 11.6. The Labute approximate surface area is 171 Å². The van der Waals surface area contributed by atoms with E-state index in [2.05, 4.69) is 10.2 Å². The fourth-order valence-corrected chi connectivity index (χ4v) is 4.20. The minimum absolute atomic E-state index is 0.162. The average Bonchev–Trinajstić information content (AvgIpc) is 3.12. The van der Waals surface area contributed by atoms with Gasteiger partial charge in [0.1, 0.15) is 0 Å². The Balaban J connectivity index is 2.00. The average molecular weight is 428 g/mol. The lowest BCUT2D eigenvalue weighted by Crippen LogP contribution is -2.29. The van der Waals surface area contributed by atoms with Crippen molar-refractivity contribution in [3.8, 4) is 6.07 Å². The quantitative estimate of drug-likeness (QED) is 0.339. The Morgan fingerprint density at radius 1 is 1.40 bits per heavy atom. The van der Waals surface area contributed by atoms with Crippen LogP contribution in [0.5, 0.6) is 0 Å². The van der Waals surface area contributed by atoms with Crippen molar-refractivity contribution in [1.29, 1.82) is 5.26 Å². The van der Waals surface area contributed by atoms with E-state index in [0.29, 0.717) is 21.1 Å². The molecule has 0 amide bonds. The first kappa shape index (κ1) is 20.9.